The molecule has 3 heteroatoms. The quantitative estimate of drug-likeness (QED) is 0.676. The van der Waals surface area contributed by atoms with Gasteiger partial charge in [0.2, 0.25) is 0 Å². The summed E-state index contributed by atoms with van der Waals surface area (Å²) in [5, 5.41) is 18.4. The molecule has 1 aliphatic carbocycles. The third kappa shape index (κ3) is 2.20. The normalized spacial score (nSPS) is 35.9. The molecule has 0 saturated heterocycles. The molecule has 0 spiro atoms. The summed E-state index contributed by atoms with van der Waals surface area (Å²) in [5.74, 6) is 0. The van der Waals surface area contributed by atoms with E-state index >= 15 is 0 Å². The molecule has 0 aromatic rings. The number of rotatable bonds is 2. The Morgan fingerprint density at radius 2 is 2.50 bits per heavy atom. The maximum absolute atomic E-state index is 9.87. The van der Waals surface area contributed by atoms with Crippen LogP contribution in [0.2, 0.25) is 0 Å². The van der Waals surface area contributed by atoms with Gasteiger partial charge in [0.25, 0.3) is 0 Å². The van der Waals surface area contributed by atoms with Gasteiger partial charge < -0.3 is 9.84 Å². The predicted octanol–water partition coefficient (Wildman–Crippen LogP) is 1.22. The summed E-state index contributed by atoms with van der Waals surface area (Å²) in [6.45, 7) is 0. The highest BCUT2D eigenvalue weighted by molar-refractivity contribution is 4.93. The molecule has 12 heavy (non-hydrogen) atoms. The van der Waals surface area contributed by atoms with Gasteiger partial charge in [-0.1, -0.05) is 0 Å². The lowest BCUT2D eigenvalue weighted by molar-refractivity contribution is -0.0555. The number of ether oxygens (including phenoxy) is 1. The Balaban J connectivity index is 2.49. The lowest BCUT2D eigenvalue weighted by Gasteiger charge is -2.34. The highest BCUT2D eigenvalue weighted by Gasteiger charge is 2.33. The van der Waals surface area contributed by atoms with Crippen molar-refractivity contribution in [1.29, 1.82) is 5.26 Å². The molecule has 0 aromatic carbocycles. The average Bonchev–Trinajstić information content (AvgIpc) is 2.04. The summed E-state index contributed by atoms with van der Waals surface area (Å²) in [6, 6.07) is 2.02. The van der Waals surface area contributed by atoms with Gasteiger partial charge in [0.1, 0.15) is 0 Å². The van der Waals surface area contributed by atoms with E-state index in [0.717, 1.165) is 19.3 Å². The number of methoxy groups -OCH3 is 1. The summed E-state index contributed by atoms with van der Waals surface area (Å²) in [7, 11) is 1.66. The molecule has 0 aromatic heterocycles. The van der Waals surface area contributed by atoms with Gasteiger partial charge in [0.15, 0.2) is 0 Å². The minimum atomic E-state index is -0.784. The highest BCUT2D eigenvalue weighted by Crippen LogP contribution is 2.31. The van der Waals surface area contributed by atoms with E-state index in [0.29, 0.717) is 6.42 Å². The lowest BCUT2D eigenvalue weighted by atomic mass is 9.81. The molecule has 2 atom stereocenters. The Labute approximate surface area is 73.0 Å². The van der Waals surface area contributed by atoms with Gasteiger partial charge >= 0.3 is 0 Å². The zero-order valence-electron chi connectivity index (χ0n) is 7.42. The van der Waals surface area contributed by atoms with Gasteiger partial charge in [0.05, 0.1) is 24.2 Å². The van der Waals surface area contributed by atoms with Crippen molar-refractivity contribution < 1.29 is 9.84 Å². The van der Waals surface area contributed by atoms with Gasteiger partial charge in [-0.15, -0.1) is 0 Å². The van der Waals surface area contributed by atoms with Gasteiger partial charge in [-0.25, -0.2) is 0 Å². The van der Waals surface area contributed by atoms with E-state index in [1.807, 2.05) is 6.07 Å². The molecule has 1 aliphatic rings. The van der Waals surface area contributed by atoms with E-state index in [9.17, 15) is 5.11 Å². The monoisotopic (exact) mass is 169 g/mol. The van der Waals surface area contributed by atoms with Crippen LogP contribution in [0.3, 0.4) is 0 Å². The second kappa shape index (κ2) is 3.88. The first kappa shape index (κ1) is 9.50. The van der Waals surface area contributed by atoms with Crippen molar-refractivity contribution in [2.24, 2.45) is 0 Å². The number of nitrogens with zero attached hydrogens (tertiary/aromatic N) is 1. The van der Waals surface area contributed by atoms with Crippen molar-refractivity contribution in [2.45, 2.75) is 43.8 Å². The Kier molecular flexibility index (Phi) is 3.07. The minimum Gasteiger partial charge on any atom is -0.389 e. The van der Waals surface area contributed by atoms with Gasteiger partial charge in [0, 0.05) is 13.5 Å². The van der Waals surface area contributed by atoms with E-state index in [1.54, 1.807) is 7.11 Å². The summed E-state index contributed by atoms with van der Waals surface area (Å²) < 4.78 is 5.16. The van der Waals surface area contributed by atoms with Gasteiger partial charge in [-0.05, 0) is 19.3 Å². The van der Waals surface area contributed by atoms with Gasteiger partial charge in [-0.3, -0.25) is 0 Å². The topological polar surface area (TPSA) is 53.2 Å². The molecule has 0 heterocycles. The molecule has 1 saturated carbocycles. The molecule has 0 aliphatic heterocycles. The van der Waals surface area contributed by atoms with Crippen LogP contribution in [-0.2, 0) is 4.74 Å². The Morgan fingerprint density at radius 1 is 1.75 bits per heavy atom. The summed E-state index contributed by atoms with van der Waals surface area (Å²) in [5.41, 5.74) is -0.784. The van der Waals surface area contributed by atoms with E-state index < -0.39 is 5.60 Å². The minimum absolute atomic E-state index is 0.136. The van der Waals surface area contributed by atoms with Crippen molar-refractivity contribution in [3.63, 3.8) is 0 Å². The molecule has 3 nitrogen and oxygen atoms in total. The van der Waals surface area contributed by atoms with Crippen molar-refractivity contribution in [3.05, 3.63) is 0 Å². The fourth-order valence-corrected chi connectivity index (χ4v) is 1.80. The van der Waals surface area contributed by atoms with Crippen LogP contribution < -0.4 is 0 Å². The van der Waals surface area contributed by atoms with Crippen LogP contribution in [0.4, 0.5) is 0 Å². The van der Waals surface area contributed by atoms with Crippen LogP contribution in [0.15, 0.2) is 0 Å². The Hall–Kier alpha value is -0.590. The molecule has 1 N–H and O–H groups in total. The third-order valence-electron chi connectivity index (χ3n) is 2.52. The fourth-order valence-electron chi connectivity index (χ4n) is 1.80. The van der Waals surface area contributed by atoms with Crippen molar-refractivity contribution >= 4 is 0 Å². The van der Waals surface area contributed by atoms with E-state index in [2.05, 4.69) is 0 Å². The second-order valence-corrected chi connectivity index (χ2v) is 3.51. The van der Waals surface area contributed by atoms with Crippen LogP contribution in [-0.4, -0.2) is 23.9 Å². The highest BCUT2D eigenvalue weighted by atomic mass is 16.5. The predicted molar refractivity (Wildman–Crippen MR) is 44.4 cm³/mol. The molecule has 0 bridgehead atoms. The SMILES string of the molecule is COC1CCCC(O)(CC#N)C1. The molecular formula is C9H15NO2. The molecule has 0 amide bonds. The van der Waals surface area contributed by atoms with Crippen LogP contribution in [0.1, 0.15) is 32.1 Å². The van der Waals surface area contributed by atoms with Gasteiger partial charge in [-0.2, -0.15) is 5.26 Å². The maximum Gasteiger partial charge on any atom is 0.0801 e. The number of aliphatic hydroxyl groups is 1. The Morgan fingerprint density at radius 3 is 3.08 bits per heavy atom. The standard InChI is InChI=1S/C9H15NO2/c1-12-8-3-2-4-9(11,7-8)5-6-10/h8,11H,2-5,7H2,1H3. The van der Waals surface area contributed by atoms with Crippen molar-refractivity contribution in [1.82, 2.24) is 0 Å². The molecule has 68 valence electrons. The lowest BCUT2D eigenvalue weighted by Crippen LogP contribution is -2.37. The average molecular weight is 169 g/mol. The first-order chi connectivity index (χ1) is 5.70. The molecule has 0 radical (unpaired) electrons. The third-order valence-corrected chi connectivity index (χ3v) is 2.52. The fraction of sp³-hybridized carbons (Fsp3) is 0.889. The Bertz CT molecular complexity index is 187. The summed E-state index contributed by atoms with van der Waals surface area (Å²) in [6.07, 6.45) is 3.67. The maximum atomic E-state index is 9.87. The van der Waals surface area contributed by atoms with E-state index in [-0.39, 0.29) is 12.5 Å². The van der Waals surface area contributed by atoms with Crippen LogP contribution in [0.5, 0.6) is 0 Å². The summed E-state index contributed by atoms with van der Waals surface area (Å²) >= 11 is 0. The van der Waals surface area contributed by atoms with E-state index in [4.69, 9.17) is 10.00 Å². The van der Waals surface area contributed by atoms with Crippen molar-refractivity contribution in [2.75, 3.05) is 7.11 Å². The van der Waals surface area contributed by atoms with Crippen LogP contribution >= 0.6 is 0 Å². The second-order valence-electron chi connectivity index (χ2n) is 3.51. The largest absolute Gasteiger partial charge is 0.389 e. The first-order valence-corrected chi connectivity index (χ1v) is 4.32. The van der Waals surface area contributed by atoms with Crippen molar-refractivity contribution in [3.8, 4) is 6.07 Å². The zero-order chi connectivity index (χ0) is 9.03. The first-order valence-electron chi connectivity index (χ1n) is 4.32. The van der Waals surface area contributed by atoms with Crippen LogP contribution in [0.25, 0.3) is 0 Å². The molecule has 2 unspecified atom stereocenters. The smallest absolute Gasteiger partial charge is 0.0801 e. The zero-order valence-corrected chi connectivity index (χ0v) is 7.42. The number of hydrogen-bond donors (Lipinski definition) is 1. The number of nitriles is 1. The number of hydrogen-bond acceptors (Lipinski definition) is 3. The van der Waals surface area contributed by atoms with E-state index in [1.165, 1.54) is 0 Å². The van der Waals surface area contributed by atoms with Crippen LogP contribution in [0, 0.1) is 11.3 Å². The molecule has 1 rings (SSSR count). The summed E-state index contributed by atoms with van der Waals surface area (Å²) in [4.78, 5) is 0. The molecule has 1 fully saturated rings. The molecular weight excluding hydrogens is 154 g/mol.